The summed E-state index contributed by atoms with van der Waals surface area (Å²) in [7, 11) is 1.86. The van der Waals surface area contributed by atoms with Crippen molar-refractivity contribution in [2.75, 3.05) is 44.7 Å². The van der Waals surface area contributed by atoms with Crippen molar-refractivity contribution in [1.29, 1.82) is 0 Å². The van der Waals surface area contributed by atoms with Crippen LogP contribution in [0.3, 0.4) is 0 Å². The van der Waals surface area contributed by atoms with Crippen molar-refractivity contribution in [2.45, 2.75) is 84.1 Å². The molecule has 0 aromatic heterocycles. The van der Waals surface area contributed by atoms with Gasteiger partial charge in [-0.1, -0.05) is 26.2 Å². The lowest BCUT2D eigenvalue weighted by Crippen LogP contribution is -2.42. The summed E-state index contributed by atoms with van der Waals surface area (Å²) in [6.07, 6.45) is 8.83. The minimum Gasteiger partial charge on any atom is -0.356 e. The lowest BCUT2D eigenvalue weighted by molar-refractivity contribution is -0.121. The second-order valence-corrected chi connectivity index (χ2v) is 9.39. The fourth-order valence-electron chi connectivity index (χ4n) is 2.81. The Kier molecular flexibility index (Phi) is 18.7. The minimum atomic E-state index is 0.108. The molecule has 0 bridgehead atoms. The Bertz CT molecular complexity index is 420. The van der Waals surface area contributed by atoms with Crippen LogP contribution < -0.4 is 21.3 Å². The van der Waals surface area contributed by atoms with E-state index in [9.17, 15) is 9.59 Å². The van der Waals surface area contributed by atoms with Crippen LogP contribution in [0.2, 0.25) is 0 Å². The van der Waals surface area contributed by atoms with Gasteiger partial charge in [-0.3, -0.25) is 9.59 Å². The van der Waals surface area contributed by atoms with Gasteiger partial charge in [0.25, 0.3) is 0 Å². The first-order chi connectivity index (χ1) is 13.9. The quantitative estimate of drug-likeness (QED) is 0.223. The van der Waals surface area contributed by atoms with Crippen molar-refractivity contribution in [3.05, 3.63) is 0 Å². The van der Waals surface area contributed by atoms with Gasteiger partial charge in [-0.15, -0.1) is 0 Å². The monoisotopic (exact) mass is 430 g/mol. The van der Waals surface area contributed by atoms with Crippen LogP contribution in [0.25, 0.3) is 0 Å². The molecule has 4 N–H and O–H groups in total. The molecule has 7 heteroatoms. The number of thioether (sulfide) groups is 1. The first-order valence-corrected chi connectivity index (χ1v) is 12.6. The molecule has 0 rings (SSSR count). The summed E-state index contributed by atoms with van der Waals surface area (Å²) < 4.78 is 0. The van der Waals surface area contributed by atoms with Gasteiger partial charge in [0, 0.05) is 43.8 Å². The number of amides is 2. The molecule has 0 aromatic carbocycles. The molecule has 6 nitrogen and oxygen atoms in total. The van der Waals surface area contributed by atoms with Gasteiger partial charge in [-0.05, 0) is 58.9 Å². The third-order valence-electron chi connectivity index (χ3n) is 4.64. The van der Waals surface area contributed by atoms with Crippen LogP contribution in [-0.2, 0) is 9.59 Å². The Morgan fingerprint density at radius 2 is 1.45 bits per heavy atom. The molecule has 0 aliphatic heterocycles. The van der Waals surface area contributed by atoms with Crippen LogP contribution in [0.15, 0.2) is 0 Å². The maximum atomic E-state index is 11.7. The Morgan fingerprint density at radius 1 is 0.793 bits per heavy atom. The Balaban J connectivity index is 3.52. The summed E-state index contributed by atoms with van der Waals surface area (Å²) >= 11 is 1.93. The minimum absolute atomic E-state index is 0.108. The van der Waals surface area contributed by atoms with Crippen molar-refractivity contribution in [3.63, 3.8) is 0 Å². The fraction of sp³-hybridized carbons (Fsp3) is 0.909. The summed E-state index contributed by atoms with van der Waals surface area (Å²) in [5.41, 5.74) is 0.108. The molecular formula is C22H46N4O2S. The van der Waals surface area contributed by atoms with Crippen LogP contribution in [0.1, 0.15) is 78.6 Å². The number of nitrogens with one attached hydrogen (secondary N) is 4. The van der Waals surface area contributed by atoms with Gasteiger partial charge in [0.2, 0.25) is 11.8 Å². The molecule has 0 aliphatic rings. The molecule has 0 aliphatic carbocycles. The van der Waals surface area contributed by atoms with E-state index in [1.807, 2.05) is 18.8 Å². The van der Waals surface area contributed by atoms with Crippen molar-refractivity contribution < 1.29 is 9.59 Å². The average molecular weight is 431 g/mol. The lowest BCUT2D eigenvalue weighted by Gasteiger charge is -2.26. The lowest BCUT2D eigenvalue weighted by atomic mass is 10.1. The van der Waals surface area contributed by atoms with Crippen LogP contribution in [0.4, 0.5) is 0 Å². The van der Waals surface area contributed by atoms with E-state index in [4.69, 9.17) is 0 Å². The van der Waals surface area contributed by atoms with Crippen LogP contribution in [0, 0.1) is 0 Å². The first-order valence-electron chi connectivity index (χ1n) is 11.4. The van der Waals surface area contributed by atoms with E-state index in [1.165, 1.54) is 12.8 Å². The molecular weight excluding hydrogens is 384 g/mol. The first kappa shape index (κ1) is 28.2. The number of rotatable bonds is 20. The van der Waals surface area contributed by atoms with Gasteiger partial charge in [-0.25, -0.2) is 0 Å². The van der Waals surface area contributed by atoms with E-state index in [-0.39, 0.29) is 17.4 Å². The fourth-order valence-corrected chi connectivity index (χ4v) is 3.92. The van der Waals surface area contributed by atoms with Crippen molar-refractivity contribution in [2.24, 2.45) is 0 Å². The third-order valence-corrected chi connectivity index (χ3v) is 6.14. The molecule has 0 heterocycles. The predicted molar refractivity (Wildman–Crippen MR) is 127 cm³/mol. The normalized spacial score (nSPS) is 11.4. The molecule has 29 heavy (non-hydrogen) atoms. The highest BCUT2D eigenvalue weighted by Gasteiger charge is 2.16. The Hall–Kier alpha value is -0.790. The Morgan fingerprint density at radius 3 is 2.14 bits per heavy atom. The smallest absolute Gasteiger partial charge is 0.221 e. The molecule has 0 aromatic rings. The van der Waals surface area contributed by atoms with Gasteiger partial charge in [0.1, 0.15) is 0 Å². The maximum absolute atomic E-state index is 11.7. The molecule has 0 saturated carbocycles. The van der Waals surface area contributed by atoms with E-state index in [1.54, 1.807) is 0 Å². The number of hydrogen-bond donors (Lipinski definition) is 4. The summed E-state index contributed by atoms with van der Waals surface area (Å²) in [5.74, 6) is 2.44. The molecule has 0 spiro atoms. The summed E-state index contributed by atoms with van der Waals surface area (Å²) in [6, 6.07) is 0. The molecule has 0 radical (unpaired) electrons. The molecule has 0 saturated heterocycles. The highest BCUT2D eigenvalue weighted by molar-refractivity contribution is 7.99. The highest BCUT2D eigenvalue weighted by Crippen LogP contribution is 2.13. The standard InChI is InChI=1S/C22H46N4O2S/c1-5-6-9-14-24-20(27)12-8-7-10-16-26-22(2,3)19-29-18-11-15-25-21(28)13-17-23-4/h23,26H,5-19H2,1-4H3,(H,24,27)(H,25,28). The molecule has 0 fully saturated rings. The van der Waals surface area contributed by atoms with Gasteiger partial charge in [0.15, 0.2) is 0 Å². The van der Waals surface area contributed by atoms with E-state index in [2.05, 4.69) is 42.0 Å². The van der Waals surface area contributed by atoms with Crippen LogP contribution >= 0.6 is 11.8 Å². The second-order valence-electron chi connectivity index (χ2n) is 8.29. The maximum Gasteiger partial charge on any atom is 0.221 e. The zero-order valence-electron chi connectivity index (χ0n) is 19.3. The number of carbonyl (C=O) groups excluding carboxylic acids is 2. The predicted octanol–water partition coefficient (Wildman–Crippen LogP) is 3.07. The van der Waals surface area contributed by atoms with Crippen molar-refractivity contribution >= 4 is 23.6 Å². The van der Waals surface area contributed by atoms with Crippen molar-refractivity contribution in [3.8, 4) is 0 Å². The molecule has 0 unspecified atom stereocenters. The topological polar surface area (TPSA) is 82.3 Å². The van der Waals surface area contributed by atoms with Gasteiger partial charge < -0.3 is 21.3 Å². The van der Waals surface area contributed by atoms with E-state index >= 15 is 0 Å². The molecule has 2 amide bonds. The number of carbonyl (C=O) groups is 2. The summed E-state index contributed by atoms with van der Waals surface area (Å²) in [5, 5.41) is 12.6. The van der Waals surface area contributed by atoms with E-state index in [0.717, 1.165) is 69.8 Å². The van der Waals surface area contributed by atoms with E-state index < -0.39 is 0 Å². The highest BCUT2D eigenvalue weighted by atomic mass is 32.2. The van der Waals surface area contributed by atoms with Crippen LogP contribution in [0.5, 0.6) is 0 Å². The molecule has 0 atom stereocenters. The SMILES string of the molecule is CCCCCNC(=O)CCCCCNC(C)(C)CSCCCNC(=O)CCNC. The zero-order chi connectivity index (χ0) is 21.8. The molecule has 172 valence electrons. The van der Waals surface area contributed by atoms with Gasteiger partial charge in [-0.2, -0.15) is 11.8 Å². The Labute approximate surface area is 183 Å². The van der Waals surface area contributed by atoms with E-state index in [0.29, 0.717) is 12.8 Å². The number of unbranched alkanes of at least 4 members (excludes halogenated alkanes) is 4. The van der Waals surface area contributed by atoms with Crippen LogP contribution in [-0.4, -0.2) is 62.1 Å². The zero-order valence-corrected chi connectivity index (χ0v) is 20.1. The van der Waals surface area contributed by atoms with Crippen molar-refractivity contribution in [1.82, 2.24) is 21.3 Å². The van der Waals surface area contributed by atoms with Gasteiger partial charge in [0.05, 0.1) is 0 Å². The average Bonchev–Trinajstić information content (AvgIpc) is 2.68. The summed E-state index contributed by atoms with van der Waals surface area (Å²) in [4.78, 5) is 23.2. The largest absolute Gasteiger partial charge is 0.356 e. The van der Waals surface area contributed by atoms with Gasteiger partial charge >= 0.3 is 0 Å². The third kappa shape index (κ3) is 20.3. The second kappa shape index (κ2) is 19.2. The number of hydrogen-bond acceptors (Lipinski definition) is 5. The summed E-state index contributed by atoms with van der Waals surface area (Å²) in [6.45, 7) is 9.95.